The van der Waals surface area contributed by atoms with Crippen molar-refractivity contribution in [2.75, 3.05) is 6.61 Å². The Hall–Kier alpha value is -3.78. The zero-order valence-electron chi connectivity index (χ0n) is 14.3. The summed E-state index contributed by atoms with van der Waals surface area (Å²) in [5, 5.41) is 28.4. The van der Waals surface area contributed by atoms with Crippen molar-refractivity contribution in [3.63, 3.8) is 0 Å². The van der Waals surface area contributed by atoms with Gasteiger partial charge in [0, 0.05) is 24.5 Å². The number of primary amides is 1. The number of alkyl halides is 3. The van der Waals surface area contributed by atoms with E-state index in [0.29, 0.717) is 6.07 Å². The van der Waals surface area contributed by atoms with Crippen LogP contribution in [0.15, 0.2) is 33.6 Å². The van der Waals surface area contributed by atoms with Gasteiger partial charge in [0.15, 0.2) is 12.4 Å². The average Bonchev–Trinajstić information content (AvgIpc) is 3.45. The van der Waals surface area contributed by atoms with Crippen molar-refractivity contribution in [3.05, 3.63) is 33.9 Å². The van der Waals surface area contributed by atoms with Gasteiger partial charge in [0.2, 0.25) is 11.8 Å². The van der Waals surface area contributed by atoms with Gasteiger partial charge in [-0.15, -0.1) is 10.2 Å². The molecule has 0 fully saturated rings. The second kappa shape index (κ2) is 8.07. The first-order valence-electron chi connectivity index (χ1n) is 7.62. The second-order valence-corrected chi connectivity index (χ2v) is 5.53. The van der Waals surface area contributed by atoms with Crippen molar-refractivity contribution >= 4 is 23.5 Å². The molecule has 1 aliphatic heterocycles. The number of benzene rings is 1. The molecule has 15 heteroatoms. The van der Waals surface area contributed by atoms with Crippen LogP contribution in [0, 0.1) is 10.1 Å². The molecule has 1 heterocycles. The van der Waals surface area contributed by atoms with Gasteiger partial charge >= 0.3 is 23.5 Å². The lowest BCUT2D eigenvalue weighted by Gasteiger charge is -2.15. The van der Waals surface area contributed by atoms with Crippen LogP contribution in [-0.4, -0.2) is 40.7 Å². The first-order chi connectivity index (χ1) is 13.5. The number of amides is 1. The van der Waals surface area contributed by atoms with E-state index in [1.807, 2.05) is 0 Å². The Kier molecular flexibility index (Phi) is 5.99. The molecule has 1 aliphatic rings. The molecular weight excluding hydrogens is 407 g/mol. The molecule has 2 rings (SSSR count). The van der Waals surface area contributed by atoms with Crippen LogP contribution in [-0.2, 0) is 20.0 Å². The van der Waals surface area contributed by atoms with Gasteiger partial charge in [-0.3, -0.25) is 14.9 Å². The first-order valence-corrected chi connectivity index (χ1v) is 7.62. The lowest BCUT2D eigenvalue weighted by molar-refractivity contribution is -0.385. The summed E-state index contributed by atoms with van der Waals surface area (Å²) in [5.74, 6) is -2.97. The van der Waals surface area contributed by atoms with Gasteiger partial charge in [-0.1, -0.05) is 5.16 Å². The predicted octanol–water partition coefficient (Wildman–Crippen LogP) is 1.75. The molecular formula is C14H12F3N5O7. The number of nitrogens with two attached hydrogens (primary N) is 1. The van der Waals surface area contributed by atoms with E-state index >= 15 is 0 Å². The Bertz CT molecular complexity index is 894. The van der Waals surface area contributed by atoms with Crippen LogP contribution in [0.5, 0.6) is 5.75 Å². The molecule has 0 aromatic heterocycles. The molecule has 0 aliphatic carbocycles. The van der Waals surface area contributed by atoms with Crippen LogP contribution in [0.25, 0.3) is 0 Å². The highest BCUT2D eigenvalue weighted by Gasteiger charge is 2.65. The van der Waals surface area contributed by atoms with Gasteiger partial charge in [0.25, 0.3) is 0 Å². The molecule has 156 valence electrons. The molecule has 0 atom stereocenters. The second-order valence-electron chi connectivity index (χ2n) is 5.53. The van der Waals surface area contributed by atoms with Crippen LogP contribution in [0.1, 0.15) is 18.4 Å². The maximum absolute atomic E-state index is 13.0. The summed E-state index contributed by atoms with van der Waals surface area (Å²) in [6.07, 6.45) is -5.45. The number of nitrogens with zero attached hydrogens (tertiary/aromatic N) is 4. The summed E-state index contributed by atoms with van der Waals surface area (Å²) in [6, 6.07) is 2.31. The normalized spacial score (nSPS) is 14.9. The standard InChI is InChI=1S/C14H12F3N5O7/c15-14(16,17)13(20-21-13)7-1-2-9(8(5-7)22(26)27)28-6-12(24)29-11(19-25)4-3-10(18)23/h1-2,5,25H,3-4,6H2,(H2,18,23). The van der Waals surface area contributed by atoms with E-state index in [1.54, 1.807) is 0 Å². The highest BCUT2D eigenvalue weighted by molar-refractivity contribution is 5.91. The summed E-state index contributed by atoms with van der Waals surface area (Å²) in [7, 11) is 0. The summed E-state index contributed by atoms with van der Waals surface area (Å²) < 4.78 is 48.6. The van der Waals surface area contributed by atoms with Crippen molar-refractivity contribution in [2.45, 2.75) is 24.7 Å². The molecule has 0 saturated heterocycles. The third-order valence-electron chi connectivity index (χ3n) is 3.53. The largest absolute Gasteiger partial charge is 0.475 e. The van der Waals surface area contributed by atoms with Crippen molar-refractivity contribution in [3.8, 4) is 5.75 Å². The molecule has 0 bridgehead atoms. The van der Waals surface area contributed by atoms with Crippen LogP contribution < -0.4 is 10.5 Å². The topological polar surface area (TPSA) is 179 Å². The average molecular weight is 419 g/mol. The van der Waals surface area contributed by atoms with Gasteiger partial charge in [-0.2, -0.15) is 13.2 Å². The monoisotopic (exact) mass is 419 g/mol. The number of oxime groups is 1. The van der Waals surface area contributed by atoms with E-state index in [9.17, 15) is 32.9 Å². The van der Waals surface area contributed by atoms with Crippen LogP contribution in [0.4, 0.5) is 18.9 Å². The first kappa shape index (κ1) is 21.5. The highest BCUT2D eigenvalue weighted by atomic mass is 19.4. The quantitative estimate of drug-likeness (QED) is 0.161. The Morgan fingerprint density at radius 3 is 2.45 bits per heavy atom. The lowest BCUT2D eigenvalue weighted by Crippen LogP contribution is -2.30. The van der Waals surface area contributed by atoms with E-state index in [2.05, 4.69) is 20.1 Å². The van der Waals surface area contributed by atoms with Crippen molar-refractivity contribution in [1.29, 1.82) is 0 Å². The number of nitro benzene ring substituents is 1. The Balaban J connectivity index is 2.08. The molecule has 12 nitrogen and oxygen atoms in total. The number of hydrogen-bond donors (Lipinski definition) is 2. The van der Waals surface area contributed by atoms with Gasteiger partial charge in [-0.25, -0.2) is 4.79 Å². The van der Waals surface area contributed by atoms with Crippen LogP contribution in [0.2, 0.25) is 0 Å². The van der Waals surface area contributed by atoms with Crippen molar-refractivity contribution in [1.82, 2.24) is 0 Å². The number of hydrogen-bond acceptors (Lipinski definition) is 10. The van der Waals surface area contributed by atoms with E-state index in [4.69, 9.17) is 15.7 Å². The SMILES string of the molecule is NC(=O)CCC(=NO)OC(=O)COc1ccc(C2(C(F)(F)F)N=N2)cc1[N+](=O)[O-]. The summed E-state index contributed by atoms with van der Waals surface area (Å²) >= 11 is 0. The summed E-state index contributed by atoms with van der Waals surface area (Å²) in [6.45, 7) is -0.908. The minimum Gasteiger partial charge on any atom is -0.475 e. The molecule has 0 unspecified atom stereocenters. The maximum Gasteiger partial charge on any atom is 0.442 e. The fourth-order valence-corrected chi connectivity index (χ4v) is 2.09. The van der Waals surface area contributed by atoms with E-state index < -0.39 is 58.1 Å². The minimum atomic E-state index is -4.88. The number of nitro groups is 1. The van der Waals surface area contributed by atoms with E-state index in [0.717, 1.165) is 12.1 Å². The summed E-state index contributed by atoms with van der Waals surface area (Å²) in [4.78, 5) is 32.5. The van der Waals surface area contributed by atoms with Gasteiger partial charge in [-0.05, 0) is 12.1 Å². The number of ether oxygens (including phenoxy) is 2. The van der Waals surface area contributed by atoms with Crippen molar-refractivity contribution < 1.29 is 42.4 Å². The molecule has 3 N–H and O–H groups in total. The number of rotatable bonds is 8. The smallest absolute Gasteiger partial charge is 0.442 e. The third-order valence-corrected chi connectivity index (χ3v) is 3.53. The van der Waals surface area contributed by atoms with Crippen LogP contribution >= 0.6 is 0 Å². The Morgan fingerprint density at radius 2 is 1.97 bits per heavy atom. The van der Waals surface area contributed by atoms with Gasteiger partial charge in [0.1, 0.15) is 0 Å². The Morgan fingerprint density at radius 1 is 1.31 bits per heavy atom. The zero-order chi connectivity index (χ0) is 21.8. The predicted molar refractivity (Wildman–Crippen MR) is 84.9 cm³/mol. The third kappa shape index (κ3) is 4.94. The Labute approximate surface area is 158 Å². The van der Waals surface area contributed by atoms with E-state index in [-0.39, 0.29) is 12.8 Å². The van der Waals surface area contributed by atoms with Crippen LogP contribution in [0.3, 0.4) is 0 Å². The maximum atomic E-state index is 13.0. The zero-order valence-corrected chi connectivity index (χ0v) is 14.3. The molecule has 1 aromatic carbocycles. The molecule has 29 heavy (non-hydrogen) atoms. The van der Waals surface area contributed by atoms with Crippen molar-refractivity contribution in [2.24, 2.45) is 21.1 Å². The molecule has 1 aromatic rings. The fraction of sp³-hybridized carbons (Fsp3) is 0.357. The van der Waals surface area contributed by atoms with Gasteiger partial charge in [0.05, 0.1) is 4.92 Å². The minimum absolute atomic E-state index is 0.280. The summed E-state index contributed by atoms with van der Waals surface area (Å²) in [5.41, 5.74) is 0.582. The number of halogens is 3. The lowest BCUT2D eigenvalue weighted by atomic mass is 10.0. The number of carbonyl (C=O) groups is 2. The number of esters is 1. The fourth-order valence-electron chi connectivity index (χ4n) is 2.09. The highest BCUT2D eigenvalue weighted by Crippen LogP contribution is 2.53. The molecule has 0 spiro atoms. The van der Waals surface area contributed by atoms with E-state index in [1.165, 1.54) is 0 Å². The molecule has 0 radical (unpaired) electrons. The molecule has 1 amide bonds. The molecule has 0 saturated carbocycles. The number of carbonyl (C=O) groups excluding carboxylic acids is 2. The van der Waals surface area contributed by atoms with Gasteiger partial charge < -0.3 is 20.4 Å².